The van der Waals surface area contributed by atoms with Crippen molar-refractivity contribution >= 4 is 88.3 Å². The molecule has 5 aliphatic rings. The highest BCUT2D eigenvalue weighted by Crippen LogP contribution is 2.48. The molecule has 0 saturated heterocycles. The first-order valence-electron chi connectivity index (χ1n) is 46.5. The minimum atomic E-state index is -0.299. The summed E-state index contributed by atoms with van der Waals surface area (Å²) < 4.78 is 43.1. The van der Waals surface area contributed by atoms with Crippen LogP contribution >= 0.6 is 0 Å². The highest BCUT2D eigenvalue weighted by atomic mass is 16.5. The third kappa shape index (κ3) is 15.1. The van der Waals surface area contributed by atoms with Crippen LogP contribution in [0.2, 0.25) is 0 Å². The van der Waals surface area contributed by atoms with Gasteiger partial charge in [0.15, 0.2) is 46.6 Å². The fourth-order valence-corrected chi connectivity index (χ4v) is 19.7. The molecule has 18 aromatic rings. The third-order valence-electron chi connectivity index (χ3n) is 26.6. The molecule has 24 bridgehead atoms. The average Bonchev–Trinajstić information content (AvgIpc) is 1.58. The van der Waals surface area contributed by atoms with Gasteiger partial charge in [-0.15, -0.1) is 0 Å². The van der Waals surface area contributed by atoms with E-state index in [9.17, 15) is 0 Å². The van der Waals surface area contributed by atoms with Crippen LogP contribution in [0.1, 0.15) is 150 Å². The summed E-state index contributed by atoms with van der Waals surface area (Å²) in [6.07, 6.45) is 1.82. The zero-order valence-corrected chi connectivity index (χ0v) is 78.4. The molecule has 23 rings (SSSR count). The van der Waals surface area contributed by atoms with Crippen LogP contribution < -0.4 is 28.4 Å². The number of methoxy groups -OCH3 is 2. The molecule has 0 atom stereocenters. The van der Waals surface area contributed by atoms with Gasteiger partial charge < -0.3 is 48.4 Å². The van der Waals surface area contributed by atoms with Gasteiger partial charge in [-0.25, -0.2) is 59.8 Å². The summed E-state index contributed by atoms with van der Waals surface area (Å²) in [5.74, 6) is 8.29. The van der Waals surface area contributed by atoms with Crippen molar-refractivity contribution in [1.29, 1.82) is 0 Å². The van der Waals surface area contributed by atoms with Gasteiger partial charge in [0.05, 0.1) is 25.0 Å². The Morgan fingerprint density at radius 1 is 0.221 bits per heavy atom. The fourth-order valence-electron chi connectivity index (χ4n) is 19.7. The number of aromatic nitrogens is 16. The molecular weight excluding hydrogens is 1690 g/mol. The van der Waals surface area contributed by atoms with E-state index in [-0.39, 0.29) is 48.1 Å². The van der Waals surface area contributed by atoms with E-state index >= 15 is 0 Å². The Kier molecular flexibility index (Phi) is 20.2. The minimum Gasteiger partial charge on any atom is -0.496 e. The average molecular weight is 1790 g/mol. The molecule has 0 radical (unpaired) electrons. The molecule has 136 heavy (non-hydrogen) atoms. The molecule has 0 spiro atoms. The van der Waals surface area contributed by atoms with Crippen LogP contribution in [0.25, 0.3) is 179 Å². The number of hydrogen-bond acceptors (Lipinski definition) is 18. The topological polar surface area (TPSA) is 273 Å². The van der Waals surface area contributed by atoms with Crippen molar-refractivity contribution in [2.45, 2.75) is 130 Å². The van der Waals surface area contributed by atoms with Gasteiger partial charge in [-0.2, -0.15) is 0 Å². The van der Waals surface area contributed by atoms with Gasteiger partial charge in [-0.05, 0) is 101 Å². The highest BCUT2D eigenvalue weighted by Gasteiger charge is 2.33. The van der Waals surface area contributed by atoms with E-state index in [1.54, 1.807) is 14.2 Å². The molecule has 0 unspecified atom stereocenters. The molecule has 6 aromatic heterocycles. The lowest BCUT2D eigenvalue weighted by atomic mass is 9.79. The van der Waals surface area contributed by atoms with Gasteiger partial charge in [0, 0.05) is 103 Å². The van der Waals surface area contributed by atoms with Crippen LogP contribution in [0.5, 0.6) is 34.5 Å². The van der Waals surface area contributed by atoms with Gasteiger partial charge in [0.25, 0.3) is 0 Å². The van der Waals surface area contributed by atoms with Crippen LogP contribution in [-0.4, -0.2) is 120 Å². The summed E-state index contributed by atoms with van der Waals surface area (Å²) in [5.41, 5.74) is 22.9. The number of nitrogens with one attached hydrogen (secondary N) is 4. The van der Waals surface area contributed by atoms with Gasteiger partial charge in [-0.1, -0.05) is 301 Å². The number of nitrogens with zero attached hydrogens (tertiary/aromatic N) is 12. The molecule has 4 N–H and O–H groups in total. The van der Waals surface area contributed by atoms with Crippen molar-refractivity contribution in [1.82, 2.24) is 79.7 Å². The van der Waals surface area contributed by atoms with Crippen LogP contribution in [0.15, 0.2) is 231 Å². The normalized spacial score (nSPS) is 12.9. The smallest absolute Gasteiger partial charge is 0.164 e. The Hall–Kier alpha value is -15.8. The van der Waals surface area contributed by atoms with Gasteiger partial charge in [0.1, 0.15) is 106 Å². The summed E-state index contributed by atoms with van der Waals surface area (Å²) in [5, 5.41) is 6.58. The second-order valence-electron chi connectivity index (χ2n) is 39.9. The van der Waals surface area contributed by atoms with Crippen LogP contribution in [0, 0.1) is 0 Å². The standard InChI is InChI=1S/C114H100N16O6/c1-111(2,3)69-53-61-49-65-57-71(113(7,8)9)59-67(93(65)135-47-45-133-87-43-27-41-85-89(87)109-127-105-83-39-25-23-37-81(83)101(123-105)119-97-75-31-17-15-29-73(75)95(115-97)117-99-77-33-19-21-35-79(77)103(121-99)125-107(85)129-109)51-63-55-70(112(4,5)6)56-64(92(63)132-14)52-68-60-72(114(10,11)12)58-66(50-62(54-69)91(61)131-13)94(68)136-48-46-134-88-44-28-42-86-90(88)110-128-106-84-40-26-24-38-82(84)102(124-106)120-98-76-32-18-16-30-74(76)96(116-98)118-100-78-34-20-22-36-80(78)104(122-100)126-108(86)130-110/h15-44,53-60H,45-52H2,1-14H3,(H2,115,117,119,121,123,125,127,129)(H2,116,118,120,122,124,126,128,130). The molecule has 672 valence electrons. The van der Waals surface area contributed by atoms with E-state index in [1.165, 1.54) is 0 Å². The van der Waals surface area contributed by atoms with Crippen LogP contribution in [0.3, 0.4) is 0 Å². The van der Waals surface area contributed by atoms with E-state index in [0.29, 0.717) is 140 Å². The number of benzene rings is 12. The lowest BCUT2D eigenvalue weighted by Crippen LogP contribution is -2.18. The maximum Gasteiger partial charge on any atom is 0.164 e. The first kappa shape index (κ1) is 84.4. The van der Waals surface area contributed by atoms with E-state index in [2.05, 4.69) is 152 Å². The summed E-state index contributed by atoms with van der Waals surface area (Å²) in [4.78, 5) is 77.8. The third-order valence-corrected chi connectivity index (χ3v) is 26.6. The molecule has 0 amide bonds. The second kappa shape index (κ2) is 32.5. The first-order valence-corrected chi connectivity index (χ1v) is 46.5. The summed E-state index contributed by atoms with van der Waals surface area (Å²) in [6.45, 7) is 28.0. The molecule has 0 fully saturated rings. The predicted molar refractivity (Wildman–Crippen MR) is 539 cm³/mol. The largest absolute Gasteiger partial charge is 0.496 e. The van der Waals surface area contributed by atoms with Gasteiger partial charge in [0.2, 0.25) is 0 Å². The molecule has 0 saturated carbocycles. The summed E-state index contributed by atoms with van der Waals surface area (Å²) in [7, 11) is 3.61. The number of ether oxygens (including phenoxy) is 6. The minimum absolute atomic E-state index is 0.146. The van der Waals surface area contributed by atoms with Crippen molar-refractivity contribution in [3.63, 3.8) is 0 Å². The SMILES string of the molecule is COc1c2cc(C(C)(C)C)cc1Cc1cc(C(C)(C)C)cc(c1OCCOc1cccc3c4nc5nc(nc6[nH]c(nc7nc(nc([nH]4)c13)-c1ccccc1-7)c1ccccc61)-c1ccccc1-5)Cc1cc(C(C)(C)C)cc(c1OC)Cc1cc(C(C)(C)C)cc(c1OCCOc1cccc3c4nc5nc(nc6[nH]c(nc7nc(nc([nH]4)c13)-c1ccccc1-7)c1ccccc61)-c1ccccc1-5)C2. The van der Waals surface area contributed by atoms with Crippen LogP contribution in [-0.2, 0) is 47.3 Å². The predicted octanol–water partition coefficient (Wildman–Crippen LogP) is 24.9. The zero-order chi connectivity index (χ0) is 93.0. The first-order chi connectivity index (χ1) is 65.7. The quantitative estimate of drug-likeness (QED) is 0.0828. The Labute approximate surface area is 785 Å². The molecule has 22 nitrogen and oxygen atoms in total. The van der Waals surface area contributed by atoms with Crippen molar-refractivity contribution in [3.8, 4) is 126 Å². The molecule has 12 aromatic carbocycles. The molecular formula is C114H100N16O6. The van der Waals surface area contributed by atoms with E-state index < -0.39 is 0 Å². The van der Waals surface area contributed by atoms with Crippen molar-refractivity contribution in [2.24, 2.45) is 0 Å². The Balaban J connectivity index is 0.632. The van der Waals surface area contributed by atoms with Crippen LogP contribution in [0.4, 0.5) is 0 Å². The number of fused-ring (bicyclic) bond motifs is 48. The number of hydrogen-bond donors (Lipinski definition) is 4. The van der Waals surface area contributed by atoms with Gasteiger partial charge >= 0.3 is 0 Å². The van der Waals surface area contributed by atoms with E-state index in [0.717, 1.165) is 167 Å². The number of rotatable bonds is 12. The van der Waals surface area contributed by atoms with E-state index in [4.69, 9.17) is 88.2 Å². The molecule has 1 aliphatic carbocycles. The molecule has 10 heterocycles. The Morgan fingerprint density at radius 2 is 0.419 bits per heavy atom. The Morgan fingerprint density at radius 3 is 0.654 bits per heavy atom. The fraction of sp³-hybridized carbons (Fsp3) is 0.228. The number of H-pyrrole nitrogens is 4. The van der Waals surface area contributed by atoms with E-state index in [1.807, 2.05) is 182 Å². The second-order valence-corrected chi connectivity index (χ2v) is 39.9. The van der Waals surface area contributed by atoms with Crippen molar-refractivity contribution in [2.75, 3.05) is 40.6 Å². The lowest BCUT2D eigenvalue weighted by molar-refractivity contribution is 0.216. The highest BCUT2D eigenvalue weighted by molar-refractivity contribution is 6.11. The lowest BCUT2D eigenvalue weighted by Gasteiger charge is -2.29. The maximum atomic E-state index is 7.53. The monoisotopic (exact) mass is 1790 g/mol. The molecule has 4 aliphatic heterocycles. The number of aromatic amines is 4. The summed E-state index contributed by atoms with van der Waals surface area (Å²) in [6, 6.07) is 79.2. The van der Waals surface area contributed by atoms with Crippen molar-refractivity contribution in [3.05, 3.63) is 297 Å². The Bertz CT molecular complexity index is 7830. The zero-order valence-electron chi connectivity index (χ0n) is 78.4. The molecule has 22 heteroatoms. The van der Waals surface area contributed by atoms with Crippen molar-refractivity contribution < 1.29 is 28.4 Å². The van der Waals surface area contributed by atoms with Gasteiger partial charge in [-0.3, -0.25) is 0 Å². The maximum absolute atomic E-state index is 7.53. The summed E-state index contributed by atoms with van der Waals surface area (Å²) >= 11 is 0.